The summed E-state index contributed by atoms with van der Waals surface area (Å²) in [6, 6.07) is 11.1. The van der Waals surface area contributed by atoms with E-state index in [1.165, 1.54) is 18.2 Å². The second-order valence-electron chi connectivity index (χ2n) is 5.52. The SMILES string of the molecule is Cc1ccc(NC(=O)COC(=O)COc2ccccc2[N+](=O)[O-])cc1C. The highest BCUT2D eigenvalue weighted by molar-refractivity contribution is 5.93. The van der Waals surface area contributed by atoms with Crippen molar-refractivity contribution in [2.75, 3.05) is 18.5 Å². The molecular weight excluding hydrogens is 340 g/mol. The molecule has 0 bridgehead atoms. The number of carbonyl (C=O) groups excluding carboxylic acids is 2. The Kier molecular flexibility index (Phi) is 6.26. The predicted molar refractivity (Wildman–Crippen MR) is 94.1 cm³/mol. The summed E-state index contributed by atoms with van der Waals surface area (Å²) in [5, 5.41) is 13.5. The number of aryl methyl sites for hydroxylation is 2. The van der Waals surface area contributed by atoms with E-state index in [1.54, 1.807) is 12.1 Å². The second-order valence-corrected chi connectivity index (χ2v) is 5.52. The Morgan fingerprint density at radius 2 is 1.81 bits per heavy atom. The number of hydrogen-bond donors (Lipinski definition) is 1. The molecule has 1 N–H and O–H groups in total. The lowest BCUT2D eigenvalue weighted by Crippen LogP contribution is -2.23. The molecule has 0 atom stereocenters. The number of nitro groups is 1. The van der Waals surface area contributed by atoms with Gasteiger partial charge in [-0.3, -0.25) is 14.9 Å². The van der Waals surface area contributed by atoms with Crippen molar-refractivity contribution in [1.29, 1.82) is 0 Å². The summed E-state index contributed by atoms with van der Waals surface area (Å²) in [7, 11) is 0. The van der Waals surface area contributed by atoms with E-state index in [9.17, 15) is 19.7 Å². The molecule has 8 nitrogen and oxygen atoms in total. The maximum absolute atomic E-state index is 11.8. The molecule has 8 heteroatoms. The molecule has 0 aromatic heterocycles. The van der Waals surface area contributed by atoms with Crippen LogP contribution in [0.2, 0.25) is 0 Å². The van der Waals surface area contributed by atoms with Crippen LogP contribution in [0, 0.1) is 24.0 Å². The lowest BCUT2D eigenvalue weighted by Gasteiger charge is -2.09. The van der Waals surface area contributed by atoms with Crippen LogP contribution in [0.5, 0.6) is 5.75 Å². The van der Waals surface area contributed by atoms with E-state index >= 15 is 0 Å². The van der Waals surface area contributed by atoms with E-state index in [0.717, 1.165) is 11.1 Å². The fourth-order valence-electron chi connectivity index (χ4n) is 2.07. The van der Waals surface area contributed by atoms with E-state index in [-0.39, 0.29) is 11.4 Å². The minimum Gasteiger partial charge on any atom is -0.475 e. The number of nitro benzene ring substituents is 1. The first-order valence-electron chi connectivity index (χ1n) is 7.76. The van der Waals surface area contributed by atoms with Gasteiger partial charge in [-0.1, -0.05) is 18.2 Å². The average Bonchev–Trinajstić information content (AvgIpc) is 2.61. The third kappa shape index (κ3) is 5.30. The lowest BCUT2D eigenvalue weighted by atomic mass is 10.1. The molecule has 136 valence electrons. The smallest absolute Gasteiger partial charge is 0.344 e. The number of anilines is 1. The lowest BCUT2D eigenvalue weighted by molar-refractivity contribution is -0.385. The van der Waals surface area contributed by atoms with Gasteiger partial charge in [0.05, 0.1) is 4.92 Å². The number of carbonyl (C=O) groups is 2. The van der Waals surface area contributed by atoms with Crippen molar-refractivity contribution in [3.05, 3.63) is 63.7 Å². The van der Waals surface area contributed by atoms with Crippen molar-refractivity contribution < 1.29 is 24.0 Å². The summed E-state index contributed by atoms with van der Waals surface area (Å²) in [4.78, 5) is 33.7. The van der Waals surface area contributed by atoms with E-state index in [2.05, 4.69) is 5.32 Å². The molecule has 2 aromatic rings. The van der Waals surface area contributed by atoms with E-state index in [0.29, 0.717) is 5.69 Å². The number of amides is 1. The predicted octanol–water partition coefficient (Wildman–Crippen LogP) is 2.77. The Hall–Kier alpha value is -3.42. The highest BCUT2D eigenvalue weighted by Gasteiger charge is 2.16. The van der Waals surface area contributed by atoms with E-state index in [4.69, 9.17) is 9.47 Å². The van der Waals surface area contributed by atoms with Gasteiger partial charge in [-0.2, -0.15) is 0 Å². The number of rotatable bonds is 7. The minimum absolute atomic E-state index is 0.0472. The molecule has 0 heterocycles. The van der Waals surface area contributed by atoms with Gasteiger partial charge in [0.2, 0.25) is 0 Å². The van der Waals surface area contributed by atoms with Gasteiger partial charge in [0.25, 0.3) is 5.91 Å². The van der Waals surface area contributed by atoms with Crippen LogP contribution < -0.4 is 10.1 Å². The molecular formula is C18H18N2O6. The summed E-state index contributed by atoms with van der Waals surface area (Å²) < 4.78 is 9.90. The van der Waals surface area contributed by atoms with Crippen LogP contribution in [0.1, 0.15) is 11.1 Å². The molecule has 2 rings (SSSR count). The van der Waals surface area contributed by atoms with Gasteiger partial charge in [0.15, 0.2) is 19.0 Å². The van der Waals surface area contributed by atoms with Crippen LogP contribution in [0.3, 0.4) is 0 Å². The quantitative estimate of drug-likeness (QED) is 0.463. The first kappa shape index (κ1) is 18.9. The van der Waals surface area contributed by atoms with Gasteiger partial charge in [-0.25, -0.2) is 4.79 Å². The fraction of sp³-hybridized carbons (Fsp3) is 0.222. The number of esters is 1. The summed E-state index contributed by atoms with van der Waals surface area (Å²) in [6.07, 6.45) is 0. The van der Waals surface area contributed by atoms with Crippen molar-refractivity contribution in [3.8, 4) is 5.75 Å². The van der Waals surface area contributed by atoms with Gasteiger partial charge < -0.3 is 14.8 Å². The topological polar surface area (TPSA) is 108 Å². The zero-order valence-corrected chi connectivity index (χ0v) is 14.4. The highest BCUT2D eigenvalue weighted by Crippen LogP contribution is 2.25. The summed E-state index contributed by atoms with van der Waals surface area (Å²) in [6.45, 7) is 2.86. The Balaban J connectivity index is 1.80. The Labute approximate surface area is 149 Å². The van der Waals surface area contributed by atoms with E-state index in [1.807, 2.05) is 26.0 Å². The molecule has 0 saturated heterocycles. The van der Waals surface area contributed by atoms with Crippen molar-refractivity contribution in [1.82, 2.24) is 0 Å². The second kappa shape index (κ2) is 8.61. The third-order valence-electron chi connectivity index (χ3n) is 3.56. The average molecular weight is 358 g/mol. The van der Waals surface area contributed by atoms with Crippen molar-refractivity contribution in [3.63, 3.8) is 0 Å². The van der Waals surface area contributed by atoms with Crippen LogP contribution >= 0.6 is 0 Å². The molecule has 0 aliphatic heterocycles. The van der Waals surface area contributed by atoms with Gasteiger partial charge >= 0.3 is 11.7 Å². The molecule has 0 aliphatic rings. The van der Waals surface area contributed by atoms with Crippen LogP contribution in [0.15, 0.2) is 42.5 Å². The molecule has 1 amide bonds. The number of nitrogens with zero attached hydrogens (tertiary/aromatic N) is 1. The zero-order valence-electron chi connectivity index (χ0n) is 14.4. The van der Waals surface area contributed by atoms with Crippen LogP contribution in [-0.4, -0.2) is 30.0 Å². The minimum atomic E-state index is -0.807. The monoisotopic (exact) mass is 358 g/mol. The molecule has 0 radical (unpaired) electrons. The fourth-order valence-corrected chi connectivity index (χ4v) is 2.07. The number of hydrogen-bond acceptors (Lipinski definition) is 6. The van der Waals surface area contributed by atoms with E-state index < -0.39 is 30.0 Å². The number of para-hydroxylation sites is 2. The van der Waals surface area contributed by atoms with Crippen molar-refractivity contribution >= 4 is 23.3 Å². The number of benzene rings is 2. The zero-order chi connectivity index (χ0) is 19.1. The molecule has 26 heavy (non-hydrogen) atoms. The summed E-state index contributed by atoms with van der Waals surface area (Å²) in [5.41, 5.74) is 2.47. The Morgan fingerprint density at radius 3 is 2.50 bits per heavy atom. The van der Waals surface area contributed by atoms with Gasteiger partial charge in [-0.15, -0.1) is 0 Å². The Bertz CT molecular complexity index is 834. The van der Waals surface area contributed by atoms with Gasteiger partial charge in [-0.05, 0) is 43.2 Å². The number of nitrogens with one attached hydrogen (secondary N) is 1. The third-order valence-corrected chi connectivity index (χ3v) is 3.56. The molecule has 0 unspecified atom stereocenters. The van der Waals surface area contributed by atoms with Crippen LogP contribution in [0.4, 0.5) is 11.4 Å². The van der Waals surface area contributed by atoms with Crippen molar-refractivity contribution in [2.45, 2.75) is 13.8 Å². The highest BCUT2D eigenvalue weighted by atomic mass is 16.6. The first-order chi connectivity index (χ1) is 12.4. The summed E-state index contributed by atoms with van der Waals surface area (Å²) >= 11 is 0. The van der Waals surface area contributed by atoms with Gasteiger partial charge in [0.1, 0.15) is 0 Å². The molecule has 0 spiro atoms. The standard InChI is InChI=1S/C18H18N2O6/c1-12-7-8-14(9-13(12)2)19-17(21)10-26-18(22)11-25-16-6-4-3-5-15(16)20(23)24/h3-9H,10-11H2,1-2H3,(H,19,21). The normalized spacial score (nSPS) is 10.1. The largest absolute Gasteiger partial charge is 0.475 e. The maximum Gasteiger partial charge on any atom is 0.344 e. The van der Waals surface area contributed by atoms with Gasteiger partial charge in [0, 0.05) is 11.8 Å². The van der Waals surface area contributed by atoms with Crippen molar-refractivity contribution in [2.24, 2.45) is 0 Å². The Morgan fingerprint density at radius 1 is 1.08 bits per heavy atom. The first-order valence-corrected chi connectivity index (χ1v) is 7.76. The summed E-state index contributed by atoms with van der Waals surface area (Å²) in [5.74, 6) is -1.35. The number of ether oxygens (including phenoxy) is 2. The molecule has 0 saturated carbocycles. The van der Waals surface area contributed by atoms with Crippen LogP contribution in [-0.2, 0) is 14.3 Å². The maximum atomic E-state index is 11.8. The molecule has 0 fully saturated rings. The van der Waals surface area contributed by atoms with Crippen LogP contribution in [0.25, 0.3) is 0 Å². The molecule has 0 aliphatic carbocycles. The molecule has 2 aromatic carbocycles.